The van der Waals surface area contributed by atoms with Gasteiger partial charge in [-0.1, -0.05) is 6.42 Å². The number of carbonyl (C=O) groups excluding carboxylic acids is 1. The molecule has 0 amide bonds. The zero-order valence-corrected chi connectivity index (χ0v) is 9.45. The van der Waals surface area contributed by atoms with Gasteiger partial charge in [-0.2, -0.15) is 0 Å². The Bertz CT molecular complexity index is 192. The standard InChI is InChI=1S/C11H21NO3/c1-2-15-11(14)6-7-12(8-9-13)10-4-3-5-10/h10,13H,2-9H2,1H3. The van der Waals surface area contributed by atoms with Gasteiger partial charge in [0.15, 0.2) is 0 Å². The van der Waals surface area contributed by atoms with Crippen LogP contribution in [0, 0.1) is 0 Å². The van der Waals surface area contributed by atoms with E-state index in [9.17, 15) is 4.79 Å². The molecule has 0 aromatic heterocycles. The lowest BCUT2D eigenvalue weighted by atomic mass is 9.91. The number of esters is 1. The Morgan fingerprint density at radius 1 is 1.47 bits per heavy atom. The number of hydrogen-bond acceptors (Lipinski definition) is 4. The van der Waals surface area contributed by atoms with Crippen molar-refractivity contribution in [3.63, 3.8) is 0 Å². The van der Waals surface area contributed by atoms with Crippen LogP contribution in [0.1, 0.15) is 32.6 Å². The van der Waals surface area contributed by atoms with Crippen LogP contribution in [0.4, 0.5) is 0 Å². The maximum absolute atomic E-state index is 11.2. The number of nitrogens with zero attached hydrogens (tertiary/aromatic N) is 1. The van der Waals surface area contributed by atoms with Crippen molar-refractivity contribution in [1.82, 2.24) is 4.90 Å². The molecule has 0 unspecified atom stereocenters. The highest BCUT2D eigenvalue weighted by molar-refractivity contribution is 5.69. The van der Waals surface area contributed by atoms with E-state index in [0.29, 0.717) is 32.2 Å². The third-order valence-electron chi connectivity index (χ3n) is 2.89. The molecule has 0 aromatic carbocycles. The molecular weight excluding hydrogens is 194 g/mol. The molecule has 1 saturated carbocycles. The lowest BCUT2D eigenvalue weighted by molar-refractivity contribution is -0.143. The first kappa shape index (κ1) is 12.5. The maximum atomic E-state index is 11.2. The van der Waals surface area contributed by atoms with Crippen LogP contribution in [0.3, 0.4) is 0 Å². The summed E-state index contributed by atoms with van der Waals surface area (Å²) in [5, 5.41) is 8.92. The van der Waals surface area contributed by atoms with Gasteiger partial charge < -0.3 is 9.84 Å². The average molecular weight is 215 g/mol. The van der Waals surface area contributed by atoms with E-state index in [1.165, 1.54) is 19.3 Å². The minimum Gasteiger partial charge on any atom is -0.466 e. The van der Waals surface area contributed by atoms with Crippen LogP contribution < -0.4 is 0 Å². The van der Waals surface area contributed by atoms with Gasteiger partial charge in [0.05, 0.1) is 19.6 Å². The largest absolute Gasteiger partial charge is 0.466 e. The smallest absolute Gasteiger partial charge is 0.307 e. The molecule has 1 N–H and O–H groups in total. The van der Waals surface area contributed by atoms with Crippen molar-refractivity contribution in [1.29, 1.82) is 0 Å². The molecule has 0 saturated heterocycles. The van der Waals surface area contributed by atoms with Gasteiger partial charge in [0.2, 0.25) is 0 Å². The van der Waals surface area contributed by atoms with Crippen LogP contribution in [0.2, 0.25) is 0 Å². The first-order valence-corrected chi connectivity index (χ1v) is 5.78. The quantitative estimate of drug-likeness (QED) is 0.638. The summed E-state index contributed by atoms with van der Waals surface area (Å²) in [5.41, 5.74) is 0. The van der Waals surface area contributed by atoms with Gasteiger partial charge in [-0.3, -0.25) is 9.69 Å². The van der Waals surface area contributed by atoms with E-state index in [1.54, 1.807) is 0 Å². The molecule has 15 heavy (non-hydrogen) atoms. The fourth-order valence-corrected chi connectivity index (χ4v) is 1.83. The van der Waals surface area contributed by atoms with Gasteiger partial charge in [-0.05, 0) is 19.8 Å². The Kier molecular flexibility index (Phi) is 5.65. The van der Waals surface area contributed by atoms with Gasteiger partial charge in [0.1, 0.15) is 0 Å². The Labute approximate surface area is 91.2 Å². The summed E-state index contributed by atoms with van der Waals surface area (Å²) in [6, 6.07) is 0.576. The molecule has 1 rings (SSSR count). The summed E-state index contributed by atoms with van der Waals surface area (Å²) >= 11 is 0. The zero-order chi connectivity index (χ0) is 11.1. The van der Waals surface area contributed by atoms with Gasteiger partial charge in [0.25, 0.3) is 0 Å². The van der Waals surface area contributed by atoms with Crippen molar-refractivity contribution < 1.29 is 14.6 Å². The van der Waals surface area contributed by atoms with E-state index in [-0.39, 0.29) is 12.6 Å². The minimum atomic E-state index is -0.139. The summed E-state index contributed by atoms with van der Waals surface area (Å²) < 4.78 is 4.87. The first-order chi connectivity index (χ1) is 7.27. The van der Waals surface area contributed by atoms with E-state index in [0.717, 1.165) is 0 Å². The van der Waals surface area contributed by atoms with Crippen molar-refractivity contribution in [2.75, 3.05) is 26.3 Å². The summed E-state index contributed by atoms with van der Waals surface area (Å²) in [4.78, 5) is 13.4. The lowest BCUT2D eigenvalue weighted by Gasteiger charge is -2.37. The summed E-state index contributed by atoms with van der Waals surface area (Å²) in [6.45, 7) is 3.81. The van der Waals surface area contributed by atoms with E-state index in [4.69, 9.17) is 9.84 Å². The SMILES string of the molecule is CCOC(=O)CCN(CCO)C1CCC1. The van der Waals surface area contributed by atoms with Crippen molar-refractivity contribution >= 4 is 5.97 Å². The van der Waals surface area contributed by atoms with Gasteiger partial charge in [-0.25, -0.2) is 0 Å². The van der Waals surface area contributed by atoms with Crippen LogP contribution in [0.25, 0.3) is 0 Å². The molecule has 0 aliphatic heterocycles. The third-order valence-corrected chi connectivity index (χ3v) is 2.89. The van der Waals surface area contributed by atoms with E-state index < -0.39 is 0 Å². The van der Waals surface area contributed by atoms with Gasteiger partial charge in [0, 0.05) is 19.1 Å². The highest BCUT2D eigenvalue weighted by Gasteiger charge is 2.24. The van der Waals surface area contributed by atoms with Gasteiger partial charge in [-0.15, -0.1) is 0 Å². The number of rotatable bonds is 7. The molecular formula is C11H21NO3. The second kappa shape index (κ2) is 6.80. The molecule has 4 heteroatoms. The Balaban J connectivity index is 2.21. The molecule has 0 heterocycles. The molecule has 1 fully saturated rings. The molecule has 4 nitrogen and oxygen atoms in total. The van der Waals surface area contributed by atoms with Gasteiger partial charge >= 0.3 is 5.97 Å². The molecule has 0 atom stereocenters. The topological polar surface area (TPSA) is 49.8 Å². The van der Waals surface area contributed by atoms with Crippen molar-refractivity contribution in [2.24, 2.45) is 0 Å². The normalized spacial score (nSPS) is 16.5. The predicted octanol–water partition coefficient (Wildman–Crippen LogP) is 0.786. The second-order valence-electron chi connectivity index (χ2n) is 3.90. The van der Waals surface area contributed by atoms with Crippen LogP contribution in [0.5, 0.6) is 0 Å². The van der Waals surface area contributed by atoms with E-state index >= 15 is 0 Å². The summed E-state index contributed by atoms with van der Waals surface area (Å²) in [5.74, 6) is -0.139. The predicted molar refractivity (Wildman–Crippen MR) is 57.5 cm³/mol. The number of ether oxygens (including phenoxy) is 1. The molecule has 1 aliphatic rings. The Morgan fingerprint density at radius 3 is 2.67 bits per heavy atom. The second-order valence-corrected chi connectivity index (χ2v) is 3.90. The van der Waals surface area contributed by atoms with Crippen LogP contribution in [-0.4, -0.2) is 48.3 Å². The molecule has 0 radical (unpaired) electrons. The number of hydrogen-bond donors (Lipinski definition) is 1. The van der Waals surface area contributed by atoms with Crippen molar-refractivity contribution in [2.45, 2.75) is 38.6 Å². The molecule has 1 aliphatic carbocycles. The molecule has 0 aromatic rings. The monoisotopic (exact) mass is 215 g/mol. The average Bonchev–Trinajstić information content (AvgIpc) is 2.12. The summed E-state index contributed by atoms with van der Waals surface area (Å²) in [6.07, 6.45) is 4.10. The fourth-order valence-electron chi connectivity index (χ4n) is 1.83. The lowest BCUT2D eigenvalue weighted by Crippen LogP contribution is -2.42. The van der Waals surface area contributed by atoms with E-state index in [2.05, 4.69) is 4.90 Å². The maximum Gasteiger partial charge on any atom is 0.307 e. The zero-order valence-electron chi connectivity index (χ0n) is 9.45. The highest BCUT2D eigenvalue weighted by atomic mass is 16.5. The third kappa shape index (κ3) is 4.18. The van der Waals surface area contributed by atoms with E-state index in [1.807, 2.05) is 6.92 Å². The number of aliphatic hydroxyl groups excluding tert-OH is 1. The van der Waals surface area contributed by atoms with Crippen LogP contribution in [-0.2, 0) is 9.53 Å². The highest BCUT2D eigenvalue weighted by Crippen LogP contribution is 2.24. The summed E-state index contributed by atoms with van der Waals surface area (Å²) in [7, 11) is 0. The Hall–Kier alpha value is -0.610. The number of aliphatic hydroxyl groups is 1. The molecule has 0 bridgehead atoms. The number of carbonyl (C=O) groups is 1. The van der Waals surface area contributed by atoms with Crippen LogP contribution >= 0.6 is 0 Å². The fraction of sp³-hybridized carbons (Fsp3) is 0.909. The molecule has 88 valence electrons. The van der Waals surface area contributed by atoms with Crippen molar-refractivity contribution in [3.05, 3.63) is 0 Å². The minimum absolute atomic E-state index is 0.139. The first-order valence-electron chi connectivity index (χ1n) is 5.78. The van der Waals surface area contributed by atoms with Crippen molar-refractivity contribution in [3.8, 4) is 0 Å². The molecule has 0 spiro atoms. The Morgan fingerprint density at radius 2 is 2.20 bits per heavy atom. The van der Waals surface area contributed by atoms with Crippen LogP contribution in [0.15, 0.2) is 0 Å².